The summed E-state index contributed by atoms with van der Waals surface area (Å²) in [6.07, 6.45) is 0. The third kappa shape index (κ3) is 10.7. The fraction of sp³-hybridized carbons (Fsp3) is 0.667. The molecule has 0 bridgehead atoms. The van der Waals surface area contributed by atoms with E-state index in [1.807, 2.05) is 0 Å². The van der Waals surface area contributed by atoms with Crippen molar-refractivity contribution < 1.29 is 45.6 Å². The van der Waals surface area contributed by atoms with Crippen LogP contribution in [0, 0.1) is 0 Å². The van der Waals surface area contributed by atoms with Gasteiger partial charge in [-0.25, -0.2) is 4.79 Å². The largest absolute Gasteiger partial charge is 1.00 e. The zero-order valence-electron chi connectivity index (χ0n) is 5.72. The van der Waals surface area contributed by atoms with E-state index in [1.54, 1.807) is 0 Å². The van der Waals surface area contributed by atoms with Crippen LogP contribution in [0.5, 0.6) is 0 Å². The molecule has 3 nitrogen and oxygen atoms in total. The maximum absolute atomic E-state index is 9.70. The molecule has 0 spiro atoms. The van der Waals surface area contributed by atoms with E-state index in [1.165, 1.54) is 14.0 Å². The molecule has 0 aliphatic rings. The average molecular weight is 114 g/mol. The predicted molar refractivity (Wildman–Crippen MR) is 19.9 cm³/mol. The van der Waals surface area contributed by atoms with Crippen molar-refractivity contribution in [2.24, 2.45) is 0 Å². The summed E-state index contributed by atoms with van der Waals surface area (Å²) in [6, 6.07) is 0. The van der Waals surface area contributed by atoms with Crippen molar-refractivity contribution in [3.63, 3.8) is 0 Å². The quantitative estimate of drug-likeness (QED) is 0.210. The van der Waals surface area contributed by atoms with Gasteiger partial charge in [-0.1, -0.05) is 0 Å². The average Bonchev–Trinajstić information content (AvgIpc) is 1.35. The Balaban J connectivity index is -0.000000125. The van der Waals surface area contributed by atoms with Gasteiger partial charge in [-0.15, -0.1) is 0 Å². The summed E-state index contributed by atoms with van der Waals surface area (Å²) in [7, 11) is 1.28. The molecule has 0 aliphatic carbocycles. The summed E-state index contributed by atoms with van der Waals surface area (Å²) in [6.45, 7) is 1.27. The number of hydrogen-bond acceptors (Lipinski definition) is 3. The van der Waals surface area contributed by atoms with Crippen molar-refractivity contribution in [3.05, 3.63) is 0 Å². The fourth-order valence-corrected chi connectivity index (χ4v) is 0.117. The van der Waals surface area contributed by atoms with E-state index in [0.717, 1.165) is 0 Å². The maximum Gasteiger partial charge on any atom is 1.00 e. The molecule has 0 heterocycles. The summed E-state index contributed by atoms with van der Waals surface area (Å²) in [5.74, 6) is -0.433. The standard InChI is InChI=1S/C3H6O3.Na.H/c1-3(4)6-5-2;;/h1-2H3;;/q;+1;-1. The van der Waals surface area contributed by atoms with Gasteiger partial charge in [0.15, 0.2) is 0 Å². The van der Waals surface area contributed by atoms with Crippen molar-refractivity contribution in [2.75, 3.05) is 7.11 Å². The van der Waals surface area contributed by atoms with Crippen molar-refractivity contribution in [1.29, 1.82) is 0 Å². The second-order valence-electron chi connectivity index (χ2n) is 0.742. The number of rotatable bonds is 1. The summed E-state index contributed by atoms with van der Waals surface area (Å²) in [5.41, 5.74) is 0. The molecule has 0 aromatic rings. The van der Waals surface area contributed by atoms with Crippen LogP contribution in [0.2, 0.25) is 0 Å². The third-order valence-corrected chi connectivity index (χ3v) is 0.201. The Kier molecular flexibility index (Phi) is 9.57. The van der Waals surface area contributed by atoms with Crippen molar-refractivity contribution in [2.45, 2.75) is 6.92 Å². The molecule has 0 aliphatic heterocycles. The minimum atomic E-state index is -0.433. The maximum atomic E-state index is 9.70. The third-order valence-electron chi connectivity index (χ3n) is 0.201. The van der Waals surface area contributed by atoms with Crippen molar-refractivity contribution >= 4 is 5.97 Å². The second-order valence-corrected chi connectivity index (χ2v) is 0.742. The molecule has 0 aromatic carbocycles. The van der Waals surface area contributed by atoms with Gasteiger partial charge < -0.3 is 1.43 Å². The van der Waals surface area contributed by atoms with Gasteiger partial charge in [0.1, 0.15) is 0 Å². The van der Waals surface area contributed by atoms with E-state index < -0.39 is 5.97 Å². The van der Waals surface area contributed by atoms with Crippen LogP contribution in [0.15, 0.2) is 0 Å². The number of carbonyl (C=O) groups excluding carboxylic acids is 1. The molecule has 38 valence electrons. The van der Waals surface area contributed by atoms with E-state index in [4.69, 9.17) is 0 Å². The molecular formula is C3H7NaO3. The Morgan fingerprint density at radius 2 is 2.14 bits per heavy atom. The molecule has 0 atom stereocenters. The number of hydrogen-bond donors (Lipinski definition) is 0. The molecule has 7 heavy (non-hydrogen) atoms. The molecule has 0 aromatic heterocycles. The first-order valence-corrected chi connectivity index (χ1v) is 1.48. The molecule has 0 amide bonds. The predicted octanol–water partition coefficient (Wildman–Crippen LogP) is -2.77. The van der Waals surface area contributed by atoms with Crippen LogP contribution in [-0.2, 0) is 14.6 Å². The Bertz CT molecular complexity index is 58.5. The van der Waals surface area contributed by atoms with Gasteiger partial charge in [-0.05, 0) is 0 Å². The van der Waals surface area contributed by atoms with Crippen LogP contribution in [0.4, 0.5) is 0 Å². The SMILES string of the molecule is COOC(C)=O.[H-].[Na+]. The Labute approximate surface area is 65.7 Å². The first kappa shape index (κ1) is 10.4. The second kappa shape index (κ2) is 6.43. The van der Waals surface area contributed by atoms with Gasteiger partial charge in [0.2, 0.25) is 0 Å². The minimum absolute atomic E-state index is 0. The Hall–Kier alpha value is 0.430. The molecule has 0 radical (unpaired) electrons. The Morgan fingerprint density at radius 3 is 2.14 bits per heavy atom. The van der Waals surface area contributed by atoms with Gasteiger partial charge in [-0.2, -0.15) is 4.89 Å². The smallest absolute Gasteiger partial charge is 1.00 e. The van der Waals surface area contributed by atoms with E-state index in [9.17, 15) is 4.79 Å². The van der Waals surface area contributed by atoms with E-state index >= 15 is 0 Å². The zero-order valence-corrected chi connectivity index (χ0v) is 6.72. The van der Waals surface area contributed by atoms with Crippen molar-refractivity contribution in [3.8, 4) is 0 Å². The van der Waals surface area contributed by atoms with Crippen LogP contribution in [0.25, 0.3) is 0 Å². The van der Waals surface area contributed by atoms with E-state index in [0.29, 0.717) is 0 Å². The van der Waals surface area contributed by atoms with Gasteiger partial charge in [0, 0.05) is 6.92 Å². The molecule has 4 heteroatoms. The van der Waals surface area contributed by atoms with Crippen LogP contribution in [0.1, 0.15) is 8.35 Å². The molecule has 0 fully saturated rings. The van der Waals surface area contributed by atoms with Crippen LogP contribution >= 0.6 is 0 Å². The molecular weight excluding hydrogens is 107 g/mol. The summed E-state index contributed by atoms with van der Waals surface area (Å²) in [4.78, 5) is 17.6. The number of carbonyl (C=O) groups is 1. The van der Waals surface area contributed by atoms with Gasteiger partial charge >= 0.3 is 35.5 Å². The van der Waals surface area contributed by atoms with Gasteiger partial charge in [-0.3, -0.25) is 4.89 Å². The molecule has 0 unspecified atom stereocenters. The summed E-state index contributed by atoms with van der Waals surface area (Å²) >= 11 is 0. The van der Waals surface area contributed by atoms with Gasteiger partial charge in [0.05, 0.1) is 7.11 Å². The molecule has 0 saturated heterocycles. The minimum Gasteiger partial charge on any atom is -1.00 e. The van der Waals surface area contributed by atoms with Crippen molar-refractivity contribution in [1.82, 2.24) is 0 Å². The van der Waals surface area contributed by atoms with E-state index in [-0.39, 0.29) is 31.0 Å². The van der Waals surface area contributed by atoms with Crippen LogP contribution in [0.3, 0.4) is 0 Å². The normalized spacial score (nSPS) is 6.57. The van der Waals surface area contributed by atoms with Crippen LogP contribution < -0.4 is 29.6 Å². The first-order valence-electron chi connectivity index (χ1n) is 1.48. The fourth-order valence-electron chi connectivity index (χ4n) is 0.117. The topological polar surface area (TPSA) is 35.5 Å². The van der Waals surface area contributed by atoms with Gasteiger partial charge in [0.25, 0.3) is 0 Å². The van der Waals surface area contributed by atoms with Crippen LogP contribution in [-0.4, -0.2) is 13.1 Å². The molecule has 0 N–H and O–H groups in total. The molecule has 0 rings (SSSR count). The van der Waals surface area contributed by atoms with E-state index in [2.05, 4.69) is 9.78 Å². The monoisotopic (exact) mass is 114 g/mol. The zero-order chi connectivity index (χ0) is 4.99. The first-order chi connectivity index (χ1) is 2.77. The Morgan fingerprint density at radius 1 is 1.71 bits per heavy atom. The summed E-state index contributed by atoms with van der Waals surface area (Å²) in [5, 5.41) is 0. The molecule has 0 saturated carbocycles. The summed E-state index contributed by atoms with van der Waals surface area (Å²) < 4.78 is 0.